The number of H-pyrrole nitrogens is 1. The second-order valence-electron chi connectivity index (χ2n) is 5.24. The van der Waals surface area contributed by atoms with Crippen molar-refractivity contribution < 1.29 is 14.8 Å². The Kier molecular flexibility index (Phi) is 3.01. The number of hydrogen-bond acceptors (Lipinski definition) is 2. The van der Waals surface area contributed by atoms with Gasteiger partial charge in [-0.3, -0.25) is 0 Å². The van der Waals surface area contributed by atoms with Crippen LogP contribution in [0.1, 0.15) is 11.1 Å². The van der Waals surface area contributed by atoms with Crippen LogP contribution < -0.4 is 14.8 Å². The Labute approximate surface area is 122 Å². The SMILES string of the molecule is c1ccc2c(C[NH2+]Cc3ccc4c(c3)OCO4)c[nH]c2c1. The standard InChI is InChI=1S/C17H16N2O2/c1-2-4-15-14(3-1)13(10-19-15)9-18-8-12-5-6-16-17(7-12)21-11-20-16/h1-7,10,18-19H,8-9,11H2/p+1. The Balaban J connectivity index is 1.43. The fraction of sp³-hybridized carbons (Fsp3) is 0.176. The molecule has 3 aromatic rings. The molecule has 0 aliphatic carbocycles. The summed E-state index contributed by atoms with van der Waals surface area (Å²) >= 11 is 0. The summed E-state index contributed by atoms with van der Waals surface area (Å²) in [6.07, 6.45) is 2.10. The van der Waals surface area contributed by atoms with E-state index in [1.54, 1.807) is 0 Å². The van der Waals surface area contributed by atoms with Gasteiger partial charge in [-0.1, -0.05) is 18.2 Å². The lowest BCUT2D eigenvalue weighted by atomic mass is 10.1. The molecule has 4 nitrogen and oxygen atoms in total. The van der Waals surface area contributed by atoms with E-state index in [0.717, 1.165) is 24.6 Å². The van der Waals surface area contributed by atoms with Crippen LogP contribution in [-0.2, 0) is 13.1 Å². The first-order valence-corrected chi connectivity index (χ1v) is 7.15. The average Bonchev–Trinajstić information content (AvgIpc) is 3.14. The summed E-state index contributed by atoms with van der Waals surface area (Å²) in [6, 6.07) is 14.5. The van der Waals surface area contributed by atoms with Crippen LogP contribution in [0.4, 0.5) is 0 Å². The smallest absolute Gasteiger partial charge is 0.231 e. The molecule has 1 aliphatic heterocycles. The van der Waals surface area contributed by atoms with Crippen LogP contribution in [0, 0.1) is 0 Å². The number of ether oxygens (including phenoxy) is 2. The zero-order valence-corrected chi connectivity index (χ0v) is 11.6. The van der Waals surface area contributed by atoms with Crippen molar-refractivity contribution in [3.05, 3.63) is 59.8 Å². The van der Waals surface area contributed by atoms with Crippen LogP contribution in [0.25, 0.3) is 10.9 Å². The highest BCUT2D eigenvalue weighted by Gasteiger charge is 2.13. The van der Waals surface area contributed by atoms with Crippen molar-refractivity contribution in [2.75, 3.05) is 6.79 Å². The number of nitrogens with two attached hydrogens (primary N) is 1. The summed E-state index contributed by atoms with van der Waals surface area (Å²) in [5.74, 6) is 1.70. The normalized spacial score (nSPS) is 13.0. The van der Waals surface area contributed by atoms with Gasteiger partial charge in [0.1, 0.15) is 13.1 Å². The monoisotopic (exact) mass is 281 g/mol. The van der Waals surface area contributed by atoms with Crippen molar-refractivity contribution >= 4 is 10.9 Å². The highest BCUT2D eigenvalue weighted by molar-refractivity contribution is 5.82. The Morgan fingerprint density at radius 2 is 1.90 bits per heavy atom. The molecule has 0 amide bonds. The molecule has 4 rings (SSSR count). The zero-order valence-electron chi connectivity index (χ0n) is 11.6. The fourth-order valence-corrected chi connectivity index (χ4v) is 2.76. The summed E-state index contributed by atoms with van der Waals surface area (Å²) in [7, 11) is 0. The van der Waals surface area contributed by atoms with Gasteiger partial charge >= 0.3 is 0 Å². The molecular weight excluding hydrogens is 264 g/mol. The van der Waals surface area contributed by atoms with Crippen LogP contribution in [0.3, 0.4) is 0 Å². The van der Waals surface area contributed by atoms with Crippen molar-refractivity contribution in [1.82, 2.24) is 4.98 Å². The second-order valence-corrected chi connectivity index (χ2v) is 5.24. The quantitative estimate of drug-likeness (QED) is 0.770. The molecule has 0 bridgehead atoms. The van der Waals surface area contributed by atoms with Crippen molar-refractivity contribution in [2.45, 2.75) is 13.1 Å². The van der Waals surface area contributed by atoms with E-state index in [9.17, 15) is 0 Å². The number of benzene rings is 2. The number of rotatable bonds is 4. The molecule has 0 saturated heterocycles. The van der Waals surface area contributed by atoms with Crippen molar-refractivity contribution in [3.63, 3.8) is 0 Å². The Morgan fingerprint density at radius 1 is 1.00 bits per heavy atom. The Morgan fingerprint density at radius 3 is 2.90 bits per heavy atom. The van der Waals surface area contributed by atoms with E-state index < -0.39 is 0 Å². The number of aromatic amines is 1. The Hall–Kier alpha value is -2.46. The molecule has 1 aromatic heterocycles. The van der Waals surface area contributed by atoms with Crippen LogP contribution >= 0.6 is 0 Å². The molecule has 0 spiro atoms. The minimum atomic E-state index is 0.331. The number of para-hydroxylation sites is 1. The summed E-state index contributed by atoms with van der Waals surface area (Å²) in [4.78, 5) is 3.31. The molecule has 0 fully saturated rings. The zero-order chi connectivity index (χ0) is 14.1. The van der Waals surface area contributed by atoms with Crippen LogP contribution in [-0.4, -0.2) is 11.8 Å². The van der Waals surface area contributed by atoms with Crippen molar-refractivity contribution in [3.8, 4) is 11.5 Å². The third kappa shape index (κ3) is 2.34. The molecule has 0 atom stereocenters. The van der Waals surface area contributed by atoms with E-state index in [0.29, 0.717) is 6.79 Å². The van der Waals surface area contributed by atoms with Gasteiger partial charge in [-0.2, -0.15) is 0 Å². The topological polar surface area (TPSA) is 50.9 Å². The maximum absolute atomic E-state index is 5.41. The van der Waals surface area contributed by atoms with Crippen LogP contribution in [0.5, 0.6) is 11.5 Å². The lowest BCUT2D eigenvalue weighted by Crippen LogP contribution is -2.80. The third-order valence-corrected chi connectivity index (χ3v) is 3.86. The Bertz CT molecular complexity index is 779. The molecule has 21 heavy (non-hydrogen) atoms. The van der Waals surface area contributed by atoms with E-state index >= 15 is 0 Å². The predicted molar refractivity (Wildman–Crippen MR) is 80.2 cm³/mol. The summed E-state index contributed by atoms with van der Waals surface area (Å²) in [5.41, 5.74) is 3.79. The summed E-state index contributed by atoms with van der Waals surface area (Å²) < 4.78 is 10.7. The average molecular weight is 281 g/mol. The highest BCUT2D eigenvalue weighted by atomic mass is 16.7. The molecule has 3 N–H and O–H groups in total. The van der Waals surface area contributed by atoms with E-state index in [-0.39, 0.29) is 0 Å². The first-order chi connectivity index (χ1) is 10.4. The third-order valence-electron chi connectivity index (χ3n) is 3.86. The molecule has 2 aromatic carbocycles. The molecule has 0 radical (unpaired) electrons. The first-order valence-electron chi connectivity index (χ1n) is 7.15. The van der Waals surface area contributed by atoms with E-state index in [1.165, 1.54) is 22.0 Å². The summed E-state index contributed by atoms with van der Waals surface area (Å²) in [6.45, 7) is 2.21. The van der Waals surface area contributed by atoms with Gasteiger partial charge in [-0.25, -0.2) is 0 Å². The molecule has 106 valence electrons. The molecular formula is C17H17N2O2+. The molecule has 1 aliphatic rings. The number of fused-ring (bicyclic) bond motifs is 2. The van der Waals surface area contributed by atoms with E-state index in [1.807, 2.05) is 6.07 Å². The first kappa shape index (κ1) is 12.3. The molecule has 0 unspecified atom stereocenters. The summed E-state index contributed by atoms with van der Waals surface area (Å²) in [5, 5.41) is 3.60. The van der Waals surface area contributed by atoms with Gasteiger partial charge in [0, 0.05) is 28.2 Å². The van der Waals surface area contributed by atoms with Crippen molar-refractivity contribution in [1.29, 1.82) is 0 Å². The van der Waals surface area contributed by atoms with E-state index in [4.69, 9.17) is 9.47 Å². The molecule has 0 saturated carbocycles. The maximum Gasteiger partial charge on any atom is 0.231 e. The highest BCUT2D eigenvalue weighted by Crippen LogP contribution is 2.32. The molecule has 2 heterocycles. The van der Waals surface area contributed by atoms with Crippen molar-refractivity contribution in [2.24, 2.45) is 0 Å². The van der Waals surface area contributed by atoms with Gasteiger partial charge in [0.2, 0.25) is 6.79 Å². The number of nitrogens with one attached hydrogen (secondary N) is 1. The van der Waals surface area contributed by atoms with Gasteiger partial charge in [-0.05, 0) is 24.3 Å². The maximum atomic E-state index is 5.41. The van der Waals surface area contributed by atoms with Gasteiger partial charge in [-0.15, -0.1) is 0 Å². The molecule has 4 heteroatoms. The lowest BCUT2D eigenvalue weighted by molar-refractivity contribution is -0.686. The van der Waals surface area contributed by atoms with Gasteiger partial charge < -0.3 is 19.8 Å². The van der Waals surface area contributed by atoms with Crippen LogP contribution in [0.2, 0.25) is 0 Å². The lowest BCUT2D eigenvalue weighted by Gasteiger charge is -2.03. The van der Waals surface area contributed by atoms with Gasteiger partial charge in [0.15, 0.2) is 11.5 Å². The number of aromatic nitrogens is 1. The predicted octanol–water partition coefficient (Wildman–Crippen LogP) is 2.16. The number of quaternary nitrogens is 1. The fourth-order valence-electron chi connectivity index (χ4n) is 2.76. The van der Waals surface area contributed by atoms with Gasteiger partial charge in [0.25, 0.3) is 0 Å². The van der Waals surface area contributed by atoms with Gasteiger partial charge in [0.05, 0.1) is 0 Å². The van der Waals surface area contributed by atoms with E-state index in [2.05, 4.69) is 52.9 Å². The van der Waals surface area contributed by atoms with Crippen LogP contribution in [0.15, 0.2) is 48.7 Å². The second kappa shape index (κ2) is 5.14. The minimum absolute atomic E-state index is 0.331. The largest absolute Gasteiger partial charge is 0.454 e. The number of hydrogen-bond donors (Lipinski definition) is 2. The minimum Gasteiger partial charge on any atom is -0.454 e.